The molecule has 2 aromatic rings. The molecule has 0 radical (unpaired) electrons. The van der Waals surface area contributed by atoms with E-state index in [2.05, 4.69) is 20.4 Å². The third kappa shape index (κ3) is 4.67. The lowest BCUT2D eigenvalue weighted by atomic mass is 10.2. The number of carbonyl (C=O) groups is 1. The van der Waals surface area contributed by atoms with E-state index in [1.165, 1.54) is 0 Å². The fraction of sp³-hybridized carbons (Fsp3) is 0.588. The van der Waals surface area contributed by atoms with Gasteiger partial charge in [-0.3, -0.25) is 14.4 Å². The molecule has 0 saturated carbocycles. The van der Waals surface area contributed by atoms with E-state index in [0.717, 1.165) is 24.5 Å². The number of amides is 1. The summed E-state index contributed by atoms with van der Waals surface area (Å²) < 4.78 is 9.51. The molecule has 0 spiro atoms. The lowest BCUT2D eigenvalue weighted by Crippen LogP contribution is -2.47. The second-order valence-electron chi connectivity index (χ2n) is 6.77. The zero-order chi connectivity index (χ0) is 17.8. The molecule has 0 aromatic carbocycles. The van der Waals surface area contributed by atoms with Gasteiger partial charge in [-0.2, -0.15) is 10.2 Å². The molecule has 1 aliphatic heterocycles. The van der Waals surface area contributed by atoms with E-state index >= 15 is 0 Å². The molecule has 0 unspecified atom stereocenters. The molecular formula is C17H26N6O2. The van der Waals surface area contributed by atoms with Gasteiger partial charge >= 0.3 is 0 Å². The Balaban J connectivity index is 1.51. The number of morpholine rings is 1. The molecular weight excluding hydrogens is 320 g/mol. The van der Waals surface area contributed by atoms with Crippen molar-refractivity contribution in [3.63, 3.8) is 0 Å². The second-order valence-corrected chi connectivity index (χ2v) is 6.77. The van der Waals surface area contributed by atoms with Gasteiger partial charge in [-0.1, -0.05) is 0 Å². The molecule has 8 nitrogen and oxygen atoms in total. The maximum Gasteiger partial charge on any atom is 0.239 e. The Kier molecular flexibility index (Phi) is 5.50. The van der Waals surface area contributed by atoms with Gasteiger partial charge in [-0.05, 0) is 26.3 Å². The fourth-order valence-corrected chi connectivity index (χ4v) is 3.02. The molecule has 1 aliphatic rings. The van der Waals surface area contributed by atoms with Gasteiger partial charge in [0.05, 0.1) is 38.2 Å². The van der Waals surface area contributed by atoms with Crippen molar-refractivity contribution in [1.29, 1.82) is 0 Å². The molecule has 1 atom stereocenters. The Labute approximate surface area is 147 Å². The van der Waals surface area contributed by atoms with Crippen LogP contribution in [0.25, 0.3) is 0 Å². The molecule has 1 fully saturated rings. The monoisotopic (exact) mass is 346 g/mol. The normalized spacial score (nSPS) is 18.6. The minimum absolute atomic E-state index is 0.0296. The van der Waals surface area contributed by atoms with E-state index in [1.807, 2.05) is 43.9 Å². The van der Waals surface area contributed by atoms with Gasteiger partial charge in [0.15, 0.2) is 0 Å². The Hall–Kier alpha value is -2.19. The van der Waals surface area contributed by atoms with E-state index in [0.29, 0.717) is 19.7 Å². The highest BCUT2D eigenvalue weighted by molar-refractivity contribution is 5.91. The van der Waals surface area contributed by atoms with Gasteiger partial charge in [-0.15, -0.1) is 0 Å². The van der Waals surface area contributed by atoms with Crippen molar-refractivity contribution in [2.24, 2.45) is 0 Å². The molecule has 3 heterocycles. The highest BCUT2D eigenvalue weighted by atomic mass is 16.5. The summed E-state index contributed by atoms with van der Waals surface area (Å²) in [6.07, 6.45) is 5.59. The van der Waals surface area contributed by atoms with Crippen LogP contribution in [0, 0.1) is 6.92 Å². The number of ether oxygens (including phenoxy) is 1. The van der Waals surface area contributed by atoms with Crippen molar-refractivity contribution in [3.05, 3.63) is 30.2 Å². The predicted molar refractivity (Wildman–Crippen MR) is 94.4 cm³/mol. The van der Waals surface area contributed by atoms with Crippen LogP contribution in [0.15, 0.2) is 24.7 Å². The number of nitrogens with zero attached hydrogens (tertiary/aromatic N) is 5. The molecule has 1 saturated heterocycles. The van der Waals surface area contributed by atoms with Crippen LogP contribution in [-0.4, -0.2) is 62.7 Å². The summed E-state index contributed by atoms with van der Waals surface area (Å²) in [7, 11) is 0. The second kappa shape index (κ2) is 7.79. The molecule has 8 heteroatoms. The molecule has 2 aromatic heterocycles. The number of carbonyl (C=O) groups excluding carboxylic acids is 1. The fourth-order valence-electron chi connectivity index (χ4n) is 3.02. The SMILES string of the molecule is Cc1cnn(C[C@@H]2CN(CC(=O)Nc3ccnn3C(C)C)CCO2)c1. The molecule has 136 valence electrons. The first-order valence-electron chi connectivity index (χ1n) is 8.67. The van der Waals surface area contributed by atoms with Crippen molar-refractivity contribution in [2.45, 2.75) is 39.5 Å². The average Bonchev–Trinajstić information content (AvgIpc) is 3.16. The number of anilines is 1. The van der Waals surface area contributed by atoms with Gasteiger partial charge < -0.3 is 10.1 Å². The maximum absolute atomic E-state index is 12.4. The highest BCUT2D eigenvalue weighted by Gasteiger charge is 2.23. The van der Waals surface area contributed by atoms with E-state index in [1.54, 1.807) is 10.9 Å². The standard InChI is InChI=1S/C17H26N6O2/c1-13(2)23-16(4-5-18-23)20-17(24)12-21-6-7-25-15(10-21)11-22-9-14(3)8-19-22/h4-5,8-9,13,15H,6-7,10-12H2,1-3H3,(H,20,24)/t15-/m0/s1. The smallest absolute Gasteiger partial charge is 0.239 e. The number of aromatic nitrogens is 4. The van der Waals surface area contributed by atoms with Crippen molar-refractivity contribution in [3.8, 4) is 0 Å². The minimum Gasteiger partial charge on any atom is -0.374 e. The summed E-state index contributed by atoms with van der Waals surface area (Å²) >= 11 is 0. The van der Waals surface area contributed by atoms with Gasteiger partial charge in [0.2, 0.25) is 5.91 Å². The van der Waals surface area contributed by atoms with Crippen molar-refractivity contribution >= 4 is 11.7 Å². The average molecular weight is 346 g/mol. The summed E-state index contributed by atoms with van der Waals surface area (Å²) in [5.41, 5.74) is 1.13. The zero-order valence-electron chi connectivity index (χ0n) is 15.1. The first-order chi connectivity index (χ1) is 12.0. The van der Waals surface area contributed by atoms with Gasteiger partial charge in [0.25, 0.3) is 0 Å². The number of hydrogen-bond donors (Lipinski definition) is 1. The third-order valence-corrected chi connectivity index (χ3v) is 4.17. The van der Waals surface area contributed by atoms with Crippen LogP contribution < -0.4 is 5.32 Å². The van der Waals surface area contributed by atoms with Crippen LogP contribution >= 0.6 is 0 Å². The first-order valence-corrected chi connectivity index (χ1v) is 8.67. The Morgan fingerprint density at radius 2 is 2.28 bits per heavy atom. The van der Waals surface area contributed by atoms with Crippen molar-refractivity contribution in [2.75, 3.05) is 31.6 Å². The van der Waals surface area contributed by atoms with Crippen molar-refractivity contribution < 1.29 is 9.53 Å². The maximum atomic E-state index is 12.4. The largest absolute Gasteiger partial charge is 0.374 e. The van der Waals surface area contributed by atoms with Crippen LogP contribution in [-0.2, 0) is 16.1 Å². The van der Waals surface area contributed by atoms with Gasteiger partial charge in [-0.25, -0.2) is 4.68 Å². The molecule has 0 aliphatic carbocycles. The third-order valence-electron chi connectivity index (χ3n) is 4.17. The first kappa shape index (κ1) is 17.6. The predicted octanol–water partition coefficient (Wildman–Crippen LogP) is 1.31. The number of aryl methyl sites for hydroxylation is 1. The molecule has 3 rings (SSSR count). The summed E-state index contributed by atoms with van der Waals surface area (Å²) in [4.78, 5) is 14.5. The molecule has 1 N–H and O–H groups in total. The van der Waals surface area contributed by atoms with Crippen molar-refractivity contribution in [1.82, 2.24) is 24.5 Å². The minimum atomic E-state index is -0.0296. The number of nitrogens with one attached hydrogen (secondary N) is 1. The Morgan fingerprint density at radius 3 is 3.00 bits per heavy atom. The summed E-state index contributed by atoms with van der Waals surface area (Å²) in [6, 6.07) is 2.02. The lowest BCUT2D eigenvalue weighted by molar-refractivity contribution is -0.119. The van der Waals surface area contributed by atoms with Crippen LogP contribution in [0.4, 0.5) is 5.82 Å². The zero-order valence-corrected chi connectivity index (χ0v) is 15.1. The molecule has 1 amide bonds. The lowest BCUT2D eigenvalue weighted by Gasteiger charge is -2.32. The highest BCUT2D eigenvalue weighted by Crippen LogP contribution is 2.13. The summed E-state index contributed by atoms with van der Waals surface area (Å²) in [5, 5.41) is 11.5. The topological polar surface area (TPSA) is 77.2 Å². The van der Waals surface area contributed by atoms with E-state index in [-0.39, 0.29) is 18.1 Å². The van der Waals surface area contributed by atoms with Crippen LogP contribution in [0.5, 0.6) is 0 Å². The quantitative estimate of drug-likeness (QED) is 0.853. The number of hydrogen-bond acceptors (Lipinski definition) is 5. The molecule has 25 heavy (non-hydrogen) atoms. The Bertz CT molecular complexity index is 708. The van der Waals surface area contributed by atoms with Crippen LogP contribution in [0.1, 0.15) is 25.5 Å². The Morgan fingerprint density at radius 1 is 1.44 bits per heavy atom. The molecule has 0 bridgehead atoms. The van der Waals surface area contributed by atoms with Crippen LogP contribution in [0.2, 0.25) is 0 Å². The van der Waals surface area contributed by atoms with E-state index in [4.69, 9.17) is 4.74 Å². The van der Waals surface area contributed by atoms with E-state index < -0.39 is 0 Å². The van der Waals surface area contributed by atoms with Gasteiger partial charge in [0, 0.05) is 31.4 Å². The number of rotatable bonds is 6. The summed E-state index contributed by atoms with van der Waals surface area (Å²) in [5.74, 6) is 0.704. The van der Waals surface area contributed by atoms with Crippen LogP contribution in [0.3, 0.4) is 0 Å². The van der Waals surface area contributed by atoms with Gasteiger partial charge in [0.1, 0.15) is 5.82 Å². The van der Waals surface area contributed by atoms with E-state index in [9.17, 15) is 4.79 Å². The summed E-state index contributed by atoms with van der Waals surface area (Å²) in [6.45, 7) is 9.24.